The van der Waals surface area contributed by atoms with Gasteiger partial charge in [-0.2, -0.15) is 0 Å². The maximum Gasteiger partial charge on any atom is -0.00135 e. The molecule has 0 N–H and O–H groups in total. The second-order valence-electron chi connectivity index (χ2n) is 5.52. The Bertz CT molecular complexity index is 838. The molecule has 0 heterocycles. The standard InChI is InChI=1S/C20H16/c1-14-10-11-19(20-9-5-4-8-18(14)20)17-12-15-6-2-3-7-16(15)13-17/h2-12H,13H2,1H3. The van der Waals surface area contributed by atoms with Crippen molar-refractivity contribution in [1.82, 2.24) is 0 Å². The van der Waals surface area contributed by atoms with Crippen LogP contribution in [0.5, 0.6) is 0 Å². The Balaban J connectivity index is 1.92. The fraction of sp³-hybridized carbons (Fsp3) is 0.100. The smallest absolute Gasteiger partial charge is 0.00135 e. The molecule has 3 aromatic carbocycles. The van der Waals surface area contributed by atoms with Crippen molar-refractivity contribution in [2.75, 3.05) is 0 Å². The lowest BCUT2D eigenvalue weighted by molar-refractivity contribution is 1.32. The molecule has 3 aromatic rings. The number of rotatable bonds is 1. The lowest BCUT2D eigenvalue weighted by Crippen LogP contribution is -1.89. The molecule has 1 aliphatic rings. The van der Waals surface area contributed by atoms with E-state index in [2.05, 4.69) is 73.7 Å². The lowest BCUT2D eigenvalue weighted by Gasteiger charge is -2.10. The number of hydrogen-bond donors (Lipinski definition) is 0. The summed E-state index contributed by atoms with van der Waals surface area (Å²) in [6.45, 7) is 2.18. The van der Waals surface area contributed by atoms with Crippen molar-refractivity contribution in [1.29, 1.82) is 0 Å². The molecule has 0 radical (unpaired) electrons. The molecule has 0 heteroatoms. The summed E-state index contributed by atoms with van der Waals surface area (Å²) in [5.41, 5.74) is 6.96. The fourth-order valence-electron chi connectivity index (χ4n) is 3.18. The van der Waals surface area contributed by atoms with Crippen molar-refractivity contribution in [3.05, 3.63) is 82.9 Å². The van der Waals surface area contributed by atoms with Gasteiger partial charge in [0.2, 0.25) is 0 Å². The lowest BCUT2D eigenvalue weighted by atomic mass is 9.94. The third-order valence-electron chi connectivity index (χ3n) is 4.25. The van der Waals surface area contributed by atoms with Crippen molar-refractivity contribution >= 4 is 22.4 Å². The Morgan fingerprint density at radius 2 is 1.50 bits per heavy atom. The van der Waals surface area contributed by atoms with E-state index in [1.54, 1.807) is 0 Å². The molecule has 20 heavy (non-hydrogen) atoms. The minimum Gasteiger partial charge on any atom is -0.0619 e. The van der Waals surface area contributed by atoms with Crippen LogP contribution < -0.4 is 0 Å². The van der Waals surface area contributed by atoms with Gasteiger partial charge in [0.15, 0.2) is 0 Å². The molecule has 1 aliphatic carbocycles. The van der Waals surface area contributed by atoms with Crippen LogP contribution in [0.15, 0.2) is 60.7 Å². The Hall–Kier alpha value is -2.34. The maximum atomic E-state index is 2.34. The van der Waals surface area contributed by atoms with Gasteiger partial charge < -0.3 is 0 Å². The molecule has 0 bridgehead atoms. The predicted octanol–water partition coefficient (Wildman–Crippen LogP) is 5.24. The van der Waals surface area contributed by atoms with Crippen LogP contribution in [0.3, 0.4) is 0 Å². The van der Waals surface area contributed by atoms with Crippen molar-refractivity contribution < 1.29 is 0 Å². The largest absolute Gasteiger partial charge is 0.0619 e. The summed E-state index contributed by atoms with van der Waals surface area (Å²) in [6.07, 6.45) is 3.38. The predicted molar refractivity (Wildman–Crippen MR) is 86.7 cm³/mol. The number of fused-ring (bicyclic) bond motifs is 2. The van der Waals surface area contributed by atoms with Gasteiger partial charge >= 0.3 is 0 Å². The Morgan fingerprint density at radius 1 is 0.750 bits per heavy atom. The minimum absolute atomic E-state index is 1.04. The molecule has 0 fully saturated rings. The Labute approximate surface area is 119 Å². The monoisotopic (exact) mass is 256 g/mol. The van der Waals surface area contributed by atoms with Crippen molar-refractivity contribution in [3.63, 3.8) is 0 Å². The van der Waals surface area contributed by atoms with Crippen LogP contribution in [0, 0.1) is 6.92 Å². The van der Waals surface area contributed by atoms with E-state index in [9.17, 15) is 0 Å². The molecule has 0 atom stereocenters. The summed E-state index contributed by atoms with van der Waals surface area (Å²) in [6, 6.07) is 21.9. The Morgan fingerprint density at radius 3 is 2.35 bits per heavy atom. The first-order valence-corrected chi connectivity index (χ1v) is 7.10. The molecule has 0 aliphatic heterocycles. The van der Waals surface area contributed by atoms with Gasteiger partial charge in [0, 0.05) is 0 Å². The molecule has 4 rings (SSSR count). The summed E-state index contributed by atoms with van der Waals surface area (Å²) < 4.78 is 0. The van der Waals surface area contributed by atoms with Crippen LogP contribution in [0.25, 0.3) is 22.4 Å². The quantitative estimate of drug-likeness (QED) is 0.558. The number of hydrogen-bond acceptors (Lipinski definition) is 0. The van der Waals surface area contributed by atoms with E-state index in [4.69, 9.17) is 0 Å². The van der Waals surface area contributed by atoms with Gasteiger partial charge in [-0.1, -0.05) is 66.7 Å². The van der Waals surface area contributed by atoms with Gasteiger partial charge in [-0.15, -0.1) is 0 Å². The van der Waals surface area contributed by atoms with Crippen LogP contribution >= 0.6 is 0 Å². The zero-order valence-corrected chi connectivity index (χ0v) is 11.6. The first-order valence-electron chi connectivity index (χ1n) is 7.10. The fourth-order valence-corrected chi connectivity index (χ4v) is 3.18. The summed E-state index contributed by atoms with van der Waals surface area (Å²) in [5, 5.41) is 2.73. The first kappa shape index (κ1) is 11.5. The van der Waals surface area contributed by atoms with Gasteiger partial charge in [0.25, 0.3) is 0 Å². The molecule has 0 amide bonds. The summed E-state index contributed by atoms with van der Waals surface area (Å²) >= 11 is 0. The second kappa shape index (κ2) is 4.35. The zero-order chi connectivity index (χ0) is 13.5. The molecule has 0 unspecified atom stereocenters. The van der Waals surface area contributed by atoms with Crippen molar-refractivity contribution in [3.8, 4) is 0 Å². The molecule has 0 aromatic heterocycles. The molecular weight excluding hydrogens is 240 g/mol. The Kier molecular flexibility index (Phi) is 2.50. The summed E-state index contributed by atoms with van der Waals surface area (Å²) in [4.78, 5) is 0. The summed E-state index contributed by atoms with van der Waals surface area (Å²) in [7, 11) is 0. The summed E-state index contributed by atoms with van der Waals surface area (Å²) in [5.74, 6) is 0. The van der Waals surface area contributed by atoms with Crippen molar-refractivity contribution in [2.45, 2.75) is 13.3 Å². The zero-order valence-electron chi connectivity index (χ0n) is 11.6. The van der Waals surface area contributed by atoms with E-state index in [0.717, 1.165) is 6.42 Å². The average molecular weight is 256 g/mol. The number of allylic oxidation sites excluding steroid dienone is 1. The SMILES string of the molecule is Cc1ccc(C2=Cc3ccccc3C2)c2ccccc12. The van der Waals surface area contributed by atoms with Crippen molar-refractivity contribution in [2.24, 2.45) is 0 Å². The van der Waals surface area contributed by atoms with Crippen LogP contribution in [0.1, 0.15) is 22.3 Å². The normalized spacial score (nSPS) is 13.3. The molecule has 0 spiro atoms. The third-order valence-corrected chi connectivity index (χ3v) is 4.25. The highest BCUT2D eigenvalue weighted by atomic mass is 14.2. The van der Waals surface area contributed by atoms with E-state index < -0.39 is 0 Å². The molecule has 0 saturated carbocycles. The minimum atomic E-state index is 1.04. The highest BCUT2D eigenvalue weighted by Gasteiger charge is 2.15. The topological polar surface area (TPSA) is 0 Å². The van der Waals surface area contributed by atoms with Crippen LogP contribution in [0.4, 0.5) is 0 Å². The van der Waals surface area contributed by atoms with E-state index in [1.807, 2.05) is 0 Å². The maximum absolute atomic E-state index is 2.34. The number of benzene rings is 3. The van der Waals surface area contributed by atoms with Gasteiger partial charge in [-0.05, 0) is 51.9 Å². The van der Waals surface area contributed by atoms with E-state index in [1.165, 1.54) is 38.6 Å². The van der Waals surface area contributed by atoms with Crippen LogP contribution in [-0.4, -0.2) is 0 Å². The highest BCUT2D eigenvalue weighted by molar-refractivity contribution is 6.01. The van der Waals surface area contributed by atoms with Gasteiger partial charge in [-0.25, -0.2) is 0 Å². The average Bonchev–Trinajstić information content (AvgIpc) is 2.91. The highest BCUT2D eigenvalue weighted by Crippen LogP contribution is 2.35. The first-order chi connectivity index (χ1) is 9.83. The molecule has 96 valence electrons. The van der Waals surface area contributed by atoms with E-state index >= 15 is 0 Å². The third kappa shape index (κ3) is 1.69. The molecule has 0 saturated heterocycles. The van der Waals surface area contributed by atoms with Gasteiger partial charge in [0.05, 0.1) is 0 Å². The van der Waals surface area contributed by atoms with E-state index in [0.29, 0.717) is 0 Å². The van der Waals surface area contributed by atoms with Crippen LogP contribution in [0.2, 0.25) is 0 Å². The van der Waals surface area contributed by atoms with Gasteiger partial charge in [0.1, 0.15) is 0 Å². The second-order valence-corrected chi connectivity index (χ2v) is 5.52. The van der Waals surface area contributed by atoms with Gasteiger partial charge in [-0.3, -0.25) is 0 Å². The number of aryl methyl sites for hydroxylation is 1. The molecular formula is C20H16. The van der Waals surface area contributed by atoms with E-state index in [-0.39, 0.29) is 0 Å². The van der Waals surface area contributed by atoms with Crippen LogP contribution in [-0.2, 0) is 6.42 Å². The molecule has 0 nitrogen and oxygen atoms in total.